The Bertz CT molecular complexity index is 1080. The van der Waals surface area contributed by atoms with Gasteiger partial charge in [0.05, 0.1) is 11.3 Å². The number of halogens is 1. The number of aliphatic hydroxyl groups excluding tert-OH is 1. The van der Waals surface area contributed by atoms with Crippen molar-refractivity contribution in [1.29, 1.82) is 0 Å². The molecule has 0 bridgehead atoms. The minimum Gasteiger partial charge on any atom is -0.396 e. The van der Waals surface area contributed by atoms with Crippen LogP contribution in [0.25, 0.3) is 5.57 Å². The number of carbonyl (C=O) groups is 3. The minimum atomic E-state index is -0.411. The zero-order valence-corrected chi connectivity index (χ0v) is 18.4. The molecule has 3 amide bonds. The standard InChI is InChI=1S/C24H24ClN3O4/c1-15(30)26-19-8-10-20(11-9-19)28-23(31)21(17-4-6-18(25)7-5-17)22(24(28)32)27-12-2-3-16(13-27)14-29/h4-11,16,29H,2-3,12-14H2,1H3,(H,26,30). The highest BCUT2D eigenvalue weighted by Crippen LogP contribution is 2.37. The molecule has 0 saturated carbocycles. The van der Waals surface area contributed by atoms with E-state index in [2.05, 4.69) is 5.32 Å². The molecule has 1 fully saturated rings. The second-order valence-electron chi connectivity index (χ2n) is 8.04. The molecule has 7 nitrogen and oxygen atoms in total. The molecule has 166 valence electrons. The quantitative estimate of drug-likeness (QED) is 0.678. The van der Waals surface area contributed by atoms with E-state index in [9.17, 15) is 19.5 Å². The maximum Gasteiger partial charge on any atom is 0.282 e. The van der Waals surface area contributed by atoms with E-state index < -0.39 is 11.8 Å². The third-order valence-corrected chi connectivity index (χ3v) is 5.98. The maximum atomic E-state index is 13.6. The predicted octanol–water partition coefficient (Wildman–Crippen LogP) is 3.29. The zero-order chi connectivity index (χ0) is 22.8. The highest BCUT2D eigenvalue weighted by molar-refractivity contribution is 6.45. The Hall–Kier alpha value is -3.16. The molecule has 0 aromatic heterocycles. The summed E-state index contributed by atoms with van der Waals surface area (Å²) >= 11 is 6.04. The van der Waals surface area contributed by atoms with Gasteiger partial charge in [-0.05, 0) is 60.7 Å². The van der Waals surface area contributed by atoms with Crippen LogP contribution in [0.3, 0.4) is 0 Å². The van der Waals surface area contributed by atoms with Crippen molar-refractivity contribution in [3.05, 3.63) is 64.8 Å². The normalized spacial score (nSPS) is 19.0. The summed E-state index contributed by atoms with van der Waals surface area (Å²) < 4.78 is 0. The number of nitrogens with zero attached hydrogens (tertiary/aromatic N) is 2. The zero-order valence-electron chi connectivity index (χ0n) is 17.7. The molecule has 2 aliphatic heterocycles. The van der Waals surface area contributed by atoms with Gasteiger partial charge in [0.25, 0.3) is 11.8 Å². The molecule has 32 heavy (non-hydrogen) atoms. The molecule has 1 atom stereocenters. The molecule has 4 rings (SSSR count). The van der Waals surface area contributed by atoms with E-state index >= 15 is 0 Å². The van der Waals surface area contributed by atoms with Crippen LogP contribution < -0.4 is 10.2 Å². The lowest BCUT2D eigenvalue weighted by Gasteiger charge is -2.34. The lowest BCUT2D eigenvalue weighted by atomic mass is 9.97. The Morgan fingerprint density at radius 3 is 2.41 bits per heavy atom. The van der Waals surface area contributed by atoms with Gasteiger partial charge in [-0.2, -0.15) is 0 Å². The number of hydrogen-bond acceptors (Lipinski definition) is 5. The Morgan fingerprint density at radius 1 is 1.09 bits per heavy atom. The van der Waals surface area contributed by atoms with E-state index in [1.54, 1.807) is 48.5 Å². The Kier molecular flexibility index (Phi) is 6.30. The fourth-order valence-electron chi connectivity index (χ4n) is 4.24. The first kappa shape index (κ1) is 22.0. The number of anilines is 2. The Balaban J connectivity index is 1.74. The summed E-state index contributed by atoms with van der Waals surface area (Å²) in [5.41, 5.74) is 2.29. The average molecular weight is 454 g/mol. The van der Waals surface area contributed by atoms with E-state index in [0.29, 0.717) is 46.3 Å². The fourth-order valence-corrected chi connectivity index (χ4v) is 4.36. The summed E-state index contributed by atoms with van der Waals surface area (Å²) in [4.78, 5) is 41.5. The van der Waals surface area contributed by atoms with E-state index in [1.807, 2.05) is 4.90 Å². The number of aliphatic hydroxyl groups is 1. The Labute approximate surface area is 191 Å². The molecule has 0 spiro atoms. The molecular formula is C24H24ClN3O4. The second-order valence-corrected chi connectivity index (χ2v) is 8.48. The van der Waals surface area contributed by atoms with Gasteiger partial charge in [-0.25, -0.2) is 4.90 Å². The summed E-state index contributed by atoms with van der Waals surface area (Å²) in [5.74, 6) is -0.961. The van der Waals surface area contributed by atoms with E-state index in [-0.39, 0.29) is 18.4 Å². The molecule has 2 N–H and O–H groups in total. The van der Waals surface area contributed by atoms with Crippen molar-refractivity contribution in [3.8, 4) is 0 Å². The summed E-state index contributed by atoms with van der Waals surface area (Å²) in [6.07, 6.45) is 1.71. The van der Waals surface area contributed by atoms with Crippen molar-refractivity contribution in [1.82, 2.24) is 4.90 Å². The maximum absolute atomic E-state index is 13.6. The lowest BCUT2D eigenvalue weighted by Crippen LogP contribution is -2.40. The van der Waals surface area contributed by atoms with Gasteiger partial charge in [0.15, 0.2) is 0 Å². The van der Waals surface area contributed by atoms with Crippen LogP contribution in [-0.4, -0.2) is 47.4 Å². The van der Waals surface area contributed by atoms with E-state index in [0.717, 1.165) is 12.8 Å². The van der Waals surface area contributed by atoms with Crippen LogP contribution in [0.15, 0.2) is 54.2 Å². The number of nitrogens with one attached hydrogen (secondary N) is 1. The molecular weight excluding hydrogens is 430 g/mol. The molecule has 2 heterocycles. The van der Waals surface area contributed by atoms with Gasteiger partial charge in [-0.1, -0.05) is 23.7 Å². The van der Waals surface area contributed by atoms with Crippen molar-refractivity contribution < 1.29 is 19.5 Å². The highest BCUT2D eigenvalue weighted by Gasteiger charge is 2.43. The Morgan fingerprint density at radius 2 is 1.78 bits per heavy atom. The van der Waals surface area contributed by atoms with Crippen LogP contribution in [0.5, 0.6) is 0 Å². The molecule has 2 aromatic rings. The minimum absolute atomic E-state index is 0.0382. The first-order valence-electron chi connectivity index (χ1n) is 10.5. The molecule has 1 saturated heterocycles. The molecule has 1 unspecified atom stereocenters. The number of piperidine rings is 1. The van der Waals surface area contributed by atoms with Crippen LogP contribution in [0, 0.1) is 5.92 Å². The molecule has 0 radical (unpaired) electrons. The smallest absolute Gasteiger partial charge is 0.282 e. The first-order valence-corrected chi connectivity index (χ1v) is 10.9. The number of hydrogen-bond donors (Lipinski definition) is 2. The van der Waals surface area contributed by atoms with Crippen LogP contribution in [-0.2, 0) is 14.4 Å². The monoisotopic (exact) mass is 453 g/mol. The molecule has 0 aliphatic carbocycles. The highest BCUT2D eigenvalue weighted by atomic mass is 35.5. The van der Waals surface area contributed by atoms with Crippen molar-refractivity contribution >= 4 is 46.3 Å². The van der Waals surface area contributed by atoms with Crippen LogP contribution in [0.2, 0.25) is 5.02 Å². The third kappa shape index (κ3) is 4.26. The summed E-state index contributed by atoms with van der Waals surface area (Å²) in [6.45, 7) is 2.60. The van der Waals surface area contributed by atoms with Gasteiger partial charge >= 0.3 is 0 Å². The number of amides is 3. The summed E-state index contributed by atoms with van der Waals surface area (Å²) in [5, 5.41) is 12.9. The van der Waals surface area contributed by atoms with Gasteiger partial charge in [0, 0.05) is 37.3 Å². The SMILES string of the molecule is CC(=O)Nc1ccc(N2C(=O)C(c3ccc(Cl)cc3)=C(N3CCCC(CO)C3)C2=O)cc1. The third-order valence-electron chi connectivity index (χ3n) is 5.73. The molecule has 8 heteroatoms. The molecule has 2 aromatic carbocycles. The summed E-state index contributed by atoms with van der Waals surface area (Å²) in [6, 6.07) is 13.4. The largest absolute Gasteiger partial charge is 0.396 e. The van der Waals surface area contributed by atoms with Crippen molar-refractivity contribution in [2.75, 3.05) is 29.9 Å². The lowest BCUT2D eigenvalue weighted by molar-refractivity contribution is -0.121. The van der Waals surface area contributed by atoms with Crippen LogP contribution >= 0.6 is 11.6 Å². The van der Waals surface area contributed by atoms with Gasteiger partial charge < -0.3 is 15.3 Å². The second kappa shape index (κ2) is 9.14. The van der Waals surface area contributed by atoms with Crippen molar-refractivity contribution in [2.24, 2.45) is 5.92 Å². The van der Waals surface area contributed by atoms with Gasteiger partial charge in [0.1, 0.15) is 5.70 Å². The number of imide groups is 1. The molecule has 2 aliphatic rings. The number of rotatable bonds is 5. The van der Waals surface area contributed by atoms with Crippen molar-refractivity contribution in [3.63, 3.8) is 0 Å². The predicted molar refractivity (Wildman–Crippen MR) is 123 cm³/mol. The van der Waals surface area contributed by atoms with Gasteiger partial charge in [-0.3, -0.25) is 14.4 Å². The number of carbonyl (C=O) groups excluding carboxylic acids is 3. The average Bonchev–Trinajstić information content (AvgIpc) is 3.04. The summed E-state index contributed by atoms with van der Waals surface area (Å²) in [7, 11) is 0. The van der Waals surface area contributed by atoms with Gasteiger partial charge in [-0.15, -0.1) is 0 Å². The van der Waals surface area contributed by atoms with Crippen LogP contribution in [0.4, 0.5) is 11.4 Å². The topological polar surface area (TPSA) is 90.0 Å². The van der Waals surface area contributed by atoms with Crippen LogP contribution in [0.1, 0.15) is 25.3 Å². The fraction of sp³-hybridized carbons (Fsp3) is 0.292. The number of benzene rings is 2. The number of likely N-dealkylation sites (tertiary alicyclic amines) is 1. The van der Waals surface area contributed by atoms with E-state index in [4.69, 9.17) is 11.6 Å². The van der Waals surface area contributed by atoms with Crippen molar-refractivity contribution in [2.45, 2.75) is 19.8 Å². The van der Waals surface area contributed by atoms with E-state index in [1.165, 1.54) is 11.8 Å². The van der Waals surface area contributed by atoms with Gasteiger partial charge in [0.2, 0.25) is 5.91 Å². The first-order chi connectivity index (χ1) is 15.4.